The van der Waals surface area contributed by atoms with Crippen molar-refractivity contribution in [1.29, 1.82) is 0 Å². The van der Waals surface area contributed by atoms with E-state index in [0.717, 1.165) is 42.9 Å². The second-order valence-electron chi connectivity index (χ2n) is 4.82. The molecule has 4 heteroatoms. The van der Waals surface area contributed by atoms with Crippen molar-refractivity contribution in [2.75, 3.05) is 6.61 Å². The van der Waals surface area contributed by atoms with Crippen LogP contribution in [0.4, 0.5) is 0 Å². The summed E-state index contributed by atoms with van der Waals surface area (Å²) in [4.78, 5) is 11.5. The van der Waals surface area contributed by atoms with Crippen molar-refractivity contribution in [1.82, 2.24) is 5.43 Å². The fourth-order valence-corrected chi connectivity index (χ4v) is 1.65. The van der Waals surface area contributed by atoms with E-state index in [0.29, 0.717) is 0 Å². The Labute approximate surface area is 113 Å². The molecule has 1 N–H and O–H groups in total. The lowest BCUT2D eigenvalue weighted by atomic mass is 10.1. The molecule has 1 saturated carbocycles. The predicted octanol–water partition coefficient (Wildman–Crippen LogP) is 2.73. The Hall–Kier alpha value is -1.84. The maximum atomic E-state index is 11.5. The Bertz CT molecular complexity index is 462. The van der Waals surface area contributed by atoms with Crippen LogP contribution in [0.25, 0.3) is 0 Å². The molecule has 19 heavy (non-hydrogen) atoms. The van der Waals surface area contributed by atoms with Crippen LogP contribution in [0.1, 0.15) is 38.7 Å². The number of hydrogen-bond acceptors (Lipinski definition) is 3. The molecule has 0 atom stereocenters. The van der Waals surface area contributed by atoms with E-state index in [2.05, 4.69) is 17.5 Å². The molecule has 102 valence electrons. The molecule has 1 fully saturated rings. The highest BCUT2D eigenvalue weighted by molar-refractivity contribution is 5.99. The standard InChI is InChI=1S/C15H20N2O2/c1-3-10-19-14-8-6-12(7-9-14)11(2)16-17-15(18)13-4-5-13/h6-9,13H,3-5,10H2,1-2H3,(H,17,18)/b16-11-. The van der Waals surface area contributed by atoms with Crippen LogP contribution < -0.4 is 10.2 Å². The lowest BCUT2D eigenvalue weighted by Gasteiger charge is -2.06. The fraction of sp³-hybridized carbons (Fsp3) is 0.467. The number of carbonyl (C=O) groups excluding carboxylic acids is 1. The lowest BCUT2D eigenvalue weighted by Crippen LogP contribution is -2.20. The van der Waals surface area contributed by atoms with E-state index in [-0.39, 0.29) is 11.8 Å². The normalized spacial score (nSPS) is 15.2. The van der Waals surface area contributed by atoms with Gasteiger partial charge in [-0.05, 0) is 56.0 Å². The van der Waals surface area contributed by atoms with E-state index < -0.39 is 0 Å². The molecule has 1 aromatic carbocycles. The first-order chi connectivity index (χ1) is 9.20. The van der Waals surface area contributed by atoms with Crippen molar-refractivity contribution in [3.05, 3.63) is 29.8 Å². The van der Waals surface area contributed by atoms with E-state index in [9.17, 15) is 4.79 Å². The van der Waals surface area contributed by atoms with Gasteiger partial charge in [-0.15, -0.1) is 0 Å². The van der Waals surface area contributed by atoms with Crippen LogP contribution in [0.5, 0.6) is 5.75 Å². The van der Waals surface area contributed by atoms with Gasteiger partial charge < -0.3 is 4.74 Å². The monoisotopic (exact) mass is 260 g/mol. The first-order valence-electron chi connectivity index (χ1n) is 6.78. The third kappa shape index (κ3) is 4.09. The van der Waals surface area contributed by atoms with Gasteiger partial charge in [-0.2, -0.15) is 5.10 Å². The summed E-state index contributed by atoms with van der Waals surface area (Å²) >= 11 is 0. The summed E-state index contributed by atoms with van der Waals surface area (Å²) in [5.74, 6) is 1.07. The van der Waals surface area contributed by atoms with Crippen LogP contribution in [0.3, 0.4) is 0 Å². The smallest absolute Gasteiger partial charge is 0.243 e. The Balaban J connectivity index is 1.92. The van der Waals surface area contributed by atoms with Crippen molar-refractivity contribution in [2.45, 2.75) is 33.1 Å². The van der Waals surface area contributed by atoms with Gasteiger partial charge in [0.2, 0.25) is 5.91 Å². The Morgan fingerprint density at radius 3 is 2.63 bits per heavy atom. The molecule has 0 heterocycles. The Morgan fingerprint density at radius 2 is 2.05 bits per heavy atom. The van der Waals surface area contributed by atoms with Crippen LogP contribution in [0.15, 0.2) is 29.4 Å². The average molecular weight is 260 g/mol. The van der Waals surface area contributed by atoms with Crippen molar-refractivity contribution in [2.24, 2.45) is 11.0 Å². The van der Waals surface area contributed by atoms with E-state index in [1.54, 1.807) is 0 Å². The predicted molar refractivity (Wildman–Crippen MR) is 75.3 cm³/mol. The maximum Gasteiger partial charge on any atom is 0.243 e. The van der Waals surface area contributed by atoms with Crippen LogP contribution in [-0.4, -0.2) is 18.2 Å². The van der Waals surface area contributed by atoms with Crippen molar-refractivity contribution < 1.29 is 9.53 Å². The molecule has 1 aliphatic carbocycles. The zero-order valence-electron chi connectivity index (χ0n) is 11.5. The second-order valence-corrected chi connectivity index (χ2v) is 4.82. The van der Waals surface area contributed by atoms with Gasteiger partial charge in [0, 0.05) is 5.92 Å². The SMILES string of the molecule is CCCOc1ccc(/C(C)=N\NC(=O)C2CC2)cc1. The molecule has 1 amide bonds. The number of rotatable bonds is 6. The third-order valence-electron chi connectivity index (χ3n) is 3.03. The quantitative estimate of drug-likeness (QED) is 0.631. The summed E-state index contributed by atoms with van der Waals surface area (Å²) in [6.45, 7) is 4.69. The van der Waals surface area contributed by atoms with Crippen molar-refractivity contribution >= 4 is 11.6 Å². The second kappa shape index (κ2) is 6.36. The van der Waals surface area contributed by atoms with E-state index in [1.807, 2.05) is 31.2 Å². The van der Waals surface area contributed by atoms with Crippen LogP contribution in [0.2, 0.25) is 0 Å². The molecule has 0 radical (unpaired) electrons. The molecule has 0 unspecified atom stereocenters. The van der Waals surface area contributed by atoms with Gasteiger partial charge in [0.05, 0.1) is 12.3 Å². The van der Waals surface area contributed by atoms with Crippen LogP contribution in [0, 0.1) is 5.92 Å². The molecular weight excluding hydrogens is 240 g/mol. The zero-order valence-corrected chi connectivity index (χ0v) is 11.5. The highest BCUT2D eigenvalue weighted by Gasteiger charge is 2.29. The molecule has 0 saturated heterocycles. The molecule has 0 aliphatic heterocycles. The Kier molecular flexibility index (Phi) is 4.55. The van der Waals surface area contributed by atoms with Crippen molar-refractivity contribution in [3.63, 3.8) is 0 Å². The number of amides is 1. The van der Waals surface area contributed by atoms with E-state index >= 15 is 0 Å². The molecule has 2 rings (SSSR count). The van der Waals surface area contributed by atoms with Crippen molar-refractivity contribution in [3.8, 4) is 5.75 Å². The van der Waals surface area contributed by atoms with Gasteiger partial charge in [0.1, 0.15) is 5.75 Å². The van der Waals surface area contributed by atoms with Gasteiger partial charge in [-0.25, -0.2) is 5.43 Å². The number of benzene rings is 1. The molecule has 1 aromatic rings. The van der Waals surface area contributed by atoms with Gasteiger partial charge in [0.25, 0.3) is 0 Å². The summed E-state index contributed by atoms with van der Waals surface area (Å²) in [7, 11) is 0. The van der Waals surface area contributed by atoms with E-state index in [1.165, 1.54) is 0 Å². The largest absolute Gasteiger partial charge is 0.494 e. The number of nitrogens with zero attached hydrogens (tertiary/aromatic N) is 1. The molecular formula is C15H20N2O2. The Morgan fingerprint density at radius 1 is 1.37 bits per heavy atom. The highest BCUT2D eigenvalue weighted by Crippen LogP contribution is 2.28. The van der Waals surface area contributed by atoms with Crippen LogP contribution >= 0.6 is 0 Å². The minimum absolute atomic E-state index is 0.0299. The van der Waals surface area contributed by atoms with Crippen LogP contribution in [-0.2, 0) is 4.79 Å². The topological polar surface area (TPSA) is 50.7 Å². The van der Waals surface area contributed by atoms with Gasteiger partial charge >= 0.3 is 0 Å². The summed E-state index contributed by atoms with van der Waals surface area (Å²) in [6.07, 6.45) is 2.98. The minimum atomic E-state index is 0.0299. The number of hydrogen-bond donors (Lipinski definition) is 1. The molecule has 1 aliphatic rings. The fourth-order valence-electron chi connectivity index (χ4n) is 1.65. The first kappa shape index (κ1) is 13.6. The number of ether oxygens (including phenoxy) is 1. The summed E-state index contributed by atoms with van der Waals surface area (Å²) < 4.78 is 5.52. The zero-order chi connectivity index (χ0) is 13.7. The highest BCUT2D eigenvalue weighted by atomic mass is 16.5. The summed E-state index contributed by atoms with van der Waals surface area (Å²) in [5.41, 5.74) is 4.40. The number of nitrogens with one attached hydrogen (secondary N) is 1. The number of hydrazone groups is 1. The minimum Gasteiger partial charge on any atom is -0.494 e. The van der Waals surface area contributed by atoms with E-state index in [4.69, 9.17) is 4.74 Å². The average Bonchev–Trinajstić information content (AvgIpc) is 3.27. The number of carbonyl (C=O) groups is 1. The van der Waals surface area contributed by atoms with Gasteiger partial charge in [0.15, 0.2) is 0 Å². The maximum absolute atomic E-state index is 11.5. The molecule has 0 bridgehead atoms. The van der Waals surface area contributed by atoms with Gasteiger partial charge in [-0.3, -0.25) is 4.79 Å². The van der Waals surface area contributed by atoms with Gasteiger partial charge in [-0.1, -0.05) is 6.92 Å². The third-order valence-corrected chi connectivity index (χ3v) is 3.03. The molecule has 0 spiro atoms. The molecule has 0 aromatic heterocycles. The lowest BCUT2D eigenvalue weighted by molar-refractivity contribution is -0.122. The molecule has 4 nitrogen and oxygen atoms in total. The summed E-state index contributed by atoms with van der Waals surface area (Å²) in [5, 5.41) is 4.12. The summed E-state index contributed by atoms with van der Waals surface area (Å²) in [6, 6.07) is 7.75. The first-order valence-corrected chi connectivity index (χ1v) is 6.78.